The Morgan fingerprint density at radius 3 is 2.56 bits per heavy atom. The summed E-state index contributed by atoms with van der Waals surface area (Å²) in [5.41, 5.74) is 0. The van der Waals surface area contributed by atoms with Gasteiger partial charge in [-0.15, -0.1) is 0 Å². The lowest BCUT2D eigenvalue weighted by atomic mass is 10.5. The monoisotopic (exact) mass is 152 g/mol. The second-order valence-electron chi connectivity index (χ2n) is 1.30. The quantitative estimate of drug-likeness (QED) is 0.478. The molecule has 0 aromatic carbocycles. The first-order chi connectivity index (χ1) is 4.06. The Labute approximate surface area is 54.1 Å². The SMILES string of the molecule is CC/C=C/OS(=O)(=O)O. The third-order valence-corrected chi connectivity index (χ3v) is 0.863. The molecule has 0 rings (SSSR count). The van der Waals surface area contributed by atoms with E-state index in [1.807, 2.05) is 6.92 Å². The van der Waals surface area contributed by atoms with E-state index in [0.29, 0.717) is 6.42 Å². The first-order valence-electron chi connectivity index (χ1n) is 2.37. The highest BCUT2D eigenvalue weighted by Crippen LogP contribution is 1.87. The third kappa shape index (κ3) is 7.45. The van der Waals surface area contributed by atoms with Crippen LogP contribution in [0.2, 0.25) is 0 Å². The van der Waals surface area contributed by atoms with Crippen molar-refractivity contribution in [3.8, 4) is 0 Å². The van der Waals surface area contributed by atoms with Crippen LogP contribution in [-0.2, 0) is 14.6 Å². The van der Waals surface area contributed by atoms with Gasteiger partial charge in [-0.25, -0.2) is 0 Å². The standard InChI is InChI=1S/C4H8O4S/c1-2-3-4-8-9(5,6)7/h3-4H,2H2,1H3,(H,5,6,7)/b4-3+. The van der Waals surface area contributed by atoms with E-state index in [9.17, 15) is 8.42 Å². The molecule has 0 fully saturated rings. The molecule has 0 heterocycles. The molecule has 0 saturated heterocycles. The van der Waals surface area contributed by atoms with E-state index in [2.05, 4.69) is 4.18 Å². The van der Waals surface area contributed by atoms with E-state index in [1.165, 1.54) is 6.08 Å². The van der Waals surface area contributed by atoms with Gasteiger partial charge in [-0.3, -0.25) is 4.55 Å². The van der Waals surface area contributed by atoms with Gasteiger partial charge in [0.15, 0.2) is 0 Å². The fourth-order valence-electron chi connectivity index (χ4n) is 0.206. The van der Waals surface area contributed by atoms with Gasteiger partial charge in [0, 0.05) is 0 Å². The van der Waals surface area contributed by atoms with E-state index in [-0.39, 0.29) is 0 Å². The van der Waals surface area contributed by atoms with E-state index < -0.39 is 10.4 Å². The van der Waals surface area contributed by atoms with Crippen LogP contribution >= 0.6 is 0 Å². The van der Waals surface area contributed by atoms with Crippen molar-refractivity contribution in [1.29, 1.82) is 0 Å². The van der Waals surface area contributed by atoms with Gasteiger partial charge in [-0.2, -0.15) is 8.42 Å². The van der Waals surface area contributed by atoms with Crippen molar-refractivity contribution in [2.24, 2.45) is 0 Å². The van der Waals surface area contributed by atoms with Crippen molar-refractivity contribution in [3.05, 3.63) is 12.3 Å². The molecule has 0 radical (unpaired) electrons. The van der Waals surface area contributed by atoms with Gasteiger partial charge in [0.05, 0.1) is 0 Å². The van der Waals surface area contributed by atoms with Crippen molar-refractivity contribution >= 4 is 10.4 Å². The van der Waals surface area contributed by atoms with Crippen molar-refractivity contribution in [2.45, 2.75) is 13.3 Å². The molecule has 0 aromatic heterocycles. The smallest absolute Gasteiger partial charge is 0.370 e. The highest BCUT2D eigenvalue weighted by Gasteiger charge is 1.97. The van der Waals surface area contributed by atoms with E-state index in [4.69, 9.17) is 4.55 Å². The summed E-state index contributed by atoms with van der Waals surface area (Å²) in [6.07, 6.45) is 3.05. The minimum absolute atomic E-state index is 0.662. The fourth-order valence-corrected chi connectivity index (χ4v) is 0.425. The van der Waals surface area contributed by atoms with Crippen LogP contribution in [0.4, 0.5) is 0 Å². The van der Waals surface area contributed by atoms with Crippen LogP contribution in [-0.4, -0.2) is 13.0 Å². The third-order valence-electron chi connectivity index (χ3n) is 0.509. The molecule has 1 N–H and O–H groups in total. The molecule has 0 saturated carbocycles. The zero-order valence-corrected chi connectivity index (χ0v) is 5.76. The Kier molecular flexibility index (Phi) is 3.26. The van der Waals surface area contributed by atoms with Crippen LogP contribution in [0.25, 0.3) is 0 Å². The summed E-state index contributed by atoms with van der Waals surface area (Å²) in [5, 5.41) is 0. The van der Waals surface area contributed by atoms with Crippen LogP contribution in [0.5, 0.6) is 0 Å². The van der Waals surface area contributed by atoms with Gasteiger partial charge >= 0.3 is 10.4 Å². The van der Waals surface area contributed by atoms with Crippen molar-refractivity contribution in [1.82, 2.24) is 0 Å². The minimum atomic E-state index is -4.28. The summed E-state index contributed by atoms with van der Waals surface area (Å²) < 4.78 is 31.3. The minimum Gasteiger partial charge on any atom is -0.370 e. The maximum Gasteiger partial charge on any atom is 0.445 e. The predicted octanol–water partition coefficient (Wildman–Crippen LogP) is 0.730. The Balaban J connectivity index is 3.65. The lowest BCUT2D eigenvalue weighted by Crippen LogP contribution is -1.96. The highest BCUT2D eigenvalue weighted by molar-refractivity contribution is 7.81. The summed E-state index contributed by atoms with van der Waals surface area (Å²) >= 11 is 0. The normalized spacial score (nSPS) is 12.2. The van der Waals surface area contributed by atoms with Crippen molar-refractivity contribution in [3.63, 3.8) is 0 Å². The van der Waals surface area contributed by atoms with E-state index >= 15 is 0 Å². The van der Waals surface area contributed by atoms with Crippen LogP contribution < -0.4 is 0 Å². The van der Waals surface area contributed by atoms with Crippen LogP contribution in [0.1, 0.15) is 13.3 Å². The van der Waals surface area contributed by atoms with Crippen molar-refractivity contribution < 1.29 is 17.2 Å². The maximum atomic E-state index is 9.79. The van der Waals surface area contributed by atoms with Gasteiger partial charge in [0.1, 0.15) is 6.26 Å². The molecular formula is C4H8O4S. The summed E-state index contributed by atoms with van der Waals surface area (Å²) in [5.74, 6) is 0. The van der Waals surface area contributed by atoms with Gasteiger partial charge in [-0.1, -0.05) is 6.92 Å². The lowest BCUT2D eigenvalue weighted by molar-refractivity contribution is 0.355. The summed E-state index contributed by atoms with van der Waals surface area (Å²) in [6.45, 7) is 1.81. The number of allylic oxidation sites excluding steroid dienone is 1. The predicted molar refractivity (Wildman–Crippen MR) is 32.1 cm³/mol. The molecule has 0 aliphatic carbocycles. The molecule has 5 heteroatoms. The van der Waals surface area contributed by atoms with Gasteiger partial charge in [-0.05, 0) is 12.5 Å². The first kappa shape index (κ1) is 8.45. The average Bonchev–Trinajstić information content (AvgIpc) is 1.63. The molecule has 0 spiro atoms. The van der Waals surface area contributed by atoms with Crippen LogP contribution in [0.15, 0.2) is 12.3 Å². The molecular weight excluding hydrogens is 144 g/mol. The Hall–Kier alpha value is -0.550. The number of rotatable bonds is 3. The second-order valence-corrected chi connectivity index (χ2v) is 2.35. The Bertz CT molecular complexity index is 179. The van der Waals surface area contributed by atoms with Crippen LogP contribution in [0.3, 0.4) is 0 Å². The molecule has 0 bridgehead atoms. The number of hydrogen-bond acceptors (Lipinski definition) is 3. The summed E-state index contributed by atoms with van der Waals surface area (Å²) in [6, 6.07) is 0. The van der Waals surface area contributed by atoms with Crippen LogP contribution in [0, 0.1) is 0 Å². The fraction of sp³-hybridized carbons (Fsp3) is 0.500. The molecule has 0 atom stereocenters. The molecule has 0 aromatic rings. The van der Waals surface area contributed by atoms with Gasteiger partial charge in [0.2, 0.25) is 0 Å². The number of hydrogen-bond donors (Lipinski definition) is 1. The zero-order valence-electron chi connectivity index (χ0n) is 4.94. The Morgan fingerprint density at radius 2 is 2.22 bits per heavy atom. The summed E-state index contributed by atoms with van der Waals surface area (Å²) in [7, 11) is -4.28. The molecule has 0 aliphatic heterocycles. The van der Waals surface area contributed by atoms with E-state index in [1.54, 1.807) is 0 Å². The molecule has 4 nitrogen and oxygen atoms in total. The second kappa shape index (κ2) is 3.47. The van der Waals surface area contributed by atoms with Crippen molar-refractivity contribution in [2.75, 3.05) is 0 Å². The lowest BCUT2D eigenvalue weighted by Gasteiger charge is -1.89. The molecule has 54 valence electrons. The highest BCUT2D eigenvalue weighted by atomic mass is 32.3. The van der Waals surface area contributed by atoms with E-state index in [0.717, 1.165) is 6.26 Å². The Morgan fingerprint density at radius 1 is 1.67 bits per heavy atom. The van der Waals surface area contributed by atoms with Gasteiger partial charge in [0.25, 0.3) is 0 Å². The molecule has 0 amide bonds. The summed E-state index contributed by atoms with van der Waals surface area (Å²) in [4.78, 5) is 0. The maximum absolute atomic E-state index is 9.79. The molecule has 0 unspecified atom stereocenters. The zero-order chi connectivity index (χ0) is 7.33. The largest absolute Gasteiger partial charge is 0.445 e. The first-order valence-corrected chi connectivity index (χ1v) is 3.73. The van der Waals surface area contributed by atoms with Gasteiger partial charge < -0.3 is 4.18 Å². The average molecular weight is 152 g/mol. The topological polar surface area (TPSA) is 63.6 Å². The molecule has 9 heavy (non-hydrogen) atoms. The molecule has 0 aliphatic rings.